The Morgan fingerprint density at radius 3 is 2.32 bits per heavy atom. The van der Waals surface area contributed by atoms with Gasteiger partial charge in [-0.1, -0.05) is 36.9 Å². The first-order valence-electron chi connectivity index (χ1n) is 12.0. The standard InChI is InChI=1S/C23H27ClFN3O7S3/c24-17-13-16(8-9-18(17)25)37(32,33)27-10-11-28(38(34,35)21-7-4-12-36-21)23(27)22(31)26-19(14-20(29)30)15-5-2-1-3-6-15/h4,7-9,12-13,15,19,23H,1-3,5-6,10-11,14H2,(H,26,31)(H,29,30). The first-order chi connectivity index (χ1) is 17.9. The van der Waals surface area contributed by atoms with Crippen LogP contribution in [-0.4, -0.2) is 67.7 Å². The molecule has 38 heavy (non-hydrogen) atoms. The molecule has 0 radical (unpaired) electrons. The van der Waals surface area contributed by atoms with E-state index in [2.05, 4.69) is 5.32 Å². The largest absolute Gasteiger partial charge is 0.481 e. The second kappa shape index (κ2) is 11.6. The molecule has 1 aromatic heterocycles. The van der Waals surface area contributed by atoms with Crippen molar-refractivity contribution in [3.05, 3.63) is 46.6 Å². The first-order valence-corrected chi connectivity index (χ1v) is 16.1. The minimum Gasteiger partial charge on any atom is -0.481 e. The van der Waals surface area contributed by atoms with E-state index in [4.69, 9.17) is 11.6 Å². The van der Waals surface area contributed by atoms with E-state index in [-0.39, 0.29) is 29.6 Å². The number of nitrogens with zero attached hydrogens (tertiary/aromatic N) is 2. The predicted molar refractivity (Wildman–Crippen MR) is 138 cm³/mol. The number of halogens is 2. The number of carboxylic acid groups (broad SMARTS) is 1. The van der Waals surface area contributed by atoms with Crippen LogP contribution in [0.25, 0.3) is 0 Å². The molecule has 0 bridgehead atoms. The molecule has 10 nitrogen and oxygen atoms in total. The van der Waals surface area contributed by atoms with Crippen LogP contribution in [0.15, 0.2) is 44.8 Å². The SMILES string of the molecule is O=C(O)CC(NC(=O)C1N(S(=O)(=O)c2ccc(F)c(Cl)c2)CCN1S(=O)(=O)c1cccs1)C1CCCCC1. The molecule has 0 spiro atoms. The lowest BCUT2D eigenvalue weighted by atomic mass is 9.82. The summed E-state index contributed by atoms with van der Waals surface area (Å²) < 4.78 is 69.3. The number of carboxylic acids is 1. The van der Waals surface area contributed by atoms with Gasteiger partial charge in [0.1, 0.15) is 10.0 Å². The Labute approximate surface area is 229 Å². The quantitative estimate of drug-likeness (QED) is 0.446. The summed E-state index contributed by atoms with van der Waals surface area (Å²) in [5, 5.41) is 13.2. The maximum Gasteiger partial charge on any atom is 0.305 e. The Bertz CT molecular complexity index is 1400. The molecule has 1 aliphatic carbocycles. The van der Waals surface area contributed by atoms with Crippen LogP contribution in [0.4, 0.5) is 4.39 Å². The molecule has 2 unspecified atom stereocenters. The fourth-order valence-corrected chi connectivity index (χ4v) is 9.51. The van der Waals surface area contributed by atoms with Crippen molar-refractivity contribution in [2.24, 2.45) is 5.92 Å². The third kappa shape index (κ3) is 5.89. The summed E-state index contributed by atoms with van der Waals surface area (Å²) in [6.07, 6.45) is 1.89. The van der Waals surface area contributed by atoms with Gasteiger partial charge in [0.2, 0.25) is 10.0 Å². The van der Waals surface area contributed by atoms with Crippen molar-refractivity contribution in [1.82, 2.24) is 13.9 Å². The number of sulfonamides is 2. The van der Waals surface area contributed by atoms with Crippen molar-refractivity contribution in [3.8, 4) is 0 Å². The normalized spacial score (nSPS) is 20.8. The number of carbonyl (C=O) groups is 2. The van der Waals surface area contributed by atoms with E-state index in [0.717, 1.165) is 57.4 Å². The fourth-order valence-electron chi connectivity index (χ4n) is 4.97. The zero-order chi connectivity index (χ0) is 27.7. The van der Waals surface area contributed by atoms with Gasteiger partial charge in [0.15, 0.2) is 6.17 Å². The molecular formula is C23H27ClFN3O7S3. The summed E-state index contributed by atoms with van der Waals surface area (Å²) in [5.41, 5.74) is 0. The first kappa shape index (κ1) is 28.9. The maximum absolute atomic E-state index is 13.7. The van der Waals surface area contributed by atoms with Crippen LogP contribution in [0.3, 0.4) is 0 Å². The minimum absolute atomic E-state index is 0.0752. The Morgan fingerprint density at radius 2 is 1.74 bits per heavy atom. The third-order valence-corrected chi connectivity index (χ3v) is 12.2. The minimum atomic E-state index is -4.52. The highest BCUT2D eigenvalue weighted by molar-refractivity contribution is 7.91. The van der Waals surface area contributed by atoms with Crippen molar-refractivity contribution in [1.29, 1.82) is 0 Å². The summed E-state index contributed by atoms with van der Waals surface area (Å²) in [6.45, 7) is -0.674. The van der Waals surface area contributed by atoms with Crippen molar-refractivity contribution in [2.75, 3.05) is 13.1 Å². The molecule has 1 amide bonds. The molecule has 2 N–H and O–H groups in total. The van der Waals surface area contributed by atoms with Gasteiger partial charge in [0, 0.05) is 19.1 Å². The summed E-state index contributed by atoms with van der Waals surface area (Å²) in [6, 6.07) is 4.80. The Morgan fingerprint density at radius 1 is 1.08 bits per heavy atom. The van der Waals surface area contributed by atoms with Crippen LogP contribution in [0.1, 0.15) is 38.5 Å². The van der Waals surface area contributed by atoms with E-state index in [9.17, 15) is 35.9 Å². The smallest absolute Gasteiger partial charge is 0.305 e. The number of thiophene rings is 1. The van der Waals surface area contributed by atoms with E-state index < -0.39 is 59.9 Å². The molecule has 208 valence electrons. The second-order valence-electron chi connectivity index (χ2n) is 9.22. The van der Waals surface area contributed by atoms with E-state index in [1.54, 1.807) is 5.38 Å². The van der Waals surface area contributed by atoms with Gasteiger partial charge in [-0.3, -0.25) is 9.59 Å². The van der Waals surface area contributed by atoms with Gasteiger partial charge in [-0.15, -0.1) is 11.3 Å². The average molecular weight is 608 g/mol. The topological polar surface area (TPSA) is 141 Å². The number of nitrogens with one attached hydrogen (secondary N) is 1. The van der Waals surface area contributed by atoms with Gasteiger partial charge in [-0.05, 0) is 48.4 Å². The Balaban J connectivity index is 1.73. The van der Waals surface area contributed by atoms with Gasteiger partial charge in [-0.25, -0.2) is 21.2 Å². The van der Waals surface area contributed by atoms with Crippen molar-refractivity contribution in [2.45, 2.75) is 59.8 Å². The highest BCUT2D eigenvalue weighted by Crippen LogP contribution is 2.33. The highest BCUT2D eigenvalue weighted by atomic mass is 35.5. The van der Waals surface area contributed by atoms with E-state index in [1.165, 1.54) is 12.1 Å². The fraction of sp³-hybridized carbons (Fsp3) is 0.478. The van der Waals surface area contributed by atoms with Crippen molar-refractivity contribution in [3.63, 3.8) is 0 Å². The number of hydrogen-bond donors (Lipinski definition) is 2. The molecule has 2 aliphatic rings. The number of hydrogen-bond acceptors (Lipinski definition) is 7. The van der Waals surface area contributed by atoms with Gasteiger partial charge in [0.05, 0.1) is 16.3 Å². The van der Waals surface area contributed by atoms with Crippen LogP contribution >= 0.6 is 22.9 Å². The molecule has 1 aliphatic heterocycles. The molecule has 2 atom stereocenters. The van der Waals surface area contributed by atoms with Crippen LogP contribution in [0.2, 0.25) is 5.02 Å². The monoisotopic (exact) mass is 607 g/mol. The average Bonchev–Trinajstić information content (AvgIpc) is 3.57. The van der Waals surface area contributed by atoms with Crippen LogP contribution in [0, 0.1) is 11.7 Å². The molecule has 1 saturated carbocycles. The van der Waals surface area contributed by atoms with Crippen LogP contribution in [-0.2, 0) is 29.6 Å². The van der Waals surface area contributed by atoms with Gasteiger partial charge >= 0.3 is 5.97 Å². The summed E-state index contributed by atoms with van der Waals surface area (Å²) in [5.74, 6) is -3.07. The Hall–Kier alpha value is -2.10. The maximum atomic E-state index is 13.7. The lowest BCUT2D eigenvalue weighted by molar-refractivity contribution is -0.138. The zero-order valence-corrected chi connectivity index (χ0v) is 23.3. The highest BCUT2D eigenvalue weighted by Gasteiger charge is 2.50. The van der Waals surface area contributed by atoms with Gasteiger partial charge in [0.25, 0.3) is 15.9 Å². The molecular weight excluding hydrogens is 581 g/mol. The molecule has 2 fully saturated rings. The van der Waals surface area contributed by atoms with Gasteiger partial charge in [-0.2, -0.15) is 8.61 Å². The van der Waals surface area contributed by atoms with Crippen LogP contribution < -0.4 is 5.32 Å². The molecule has 4 rings (SSSR count). The number of amides is 1. The summed E-state index contributed by atoms with van der Waals surface area (Å²) >= 11 is 6.72. The lowest BCUT2D eigenvalue weighted by Crippen LogP contribution is -2.56. The molecule has 2 heterocycles. The summed E-state index contributed by atoms with van der Waals surface area (Å²) in [4.78, 5) is 24.9. The number of benzene rings is 1. The number of carbonyl (C=O) groups excluding carboxylic acids is 1. The van der Waals surface area contributed by atoms with Crippen molar-refractivity contribution < 1.29 is 35.9 Å². The number of aliphatic carboxylic acids is 1. The van der Waals surface area contributed by atoms with E-state index >= 15 is 0 Å². The summed E-state index contributed by atoms with van der Waals surface area (Å²) in [7, 11) is -8.80. The van der Waals surface area contributed by atoms with Crippen molar-refractivity contribution >= 4 is 54.9 Å². The van der Waals surface area contributed by atoms with Crippen LogP contribution in [0.5, 0.6) is 0 Å². The molecule has 1 aromatic carbocycles. The second-order valence-corrected chi connectivity index (χ2v) is 14.6. The van der Waals surface area contributed by atoms with Gasteiger partial charge < -0.3 is 10.4 Å². The number of rotatable bonds is 9. The molecule has 1 saturated heterocycles. The molecule has 2 aromatic rings. The van der Waals surface area contributed by atoms with E-state index in [0.29, 0.717) is 12.8 Å². The predicted octanol–water partition coefficient (Wildman–Crippen LogP) is 3.10. The molecule has 15 heteroatoms. The van der Waals surface area contributed by atoms with E-state index in [1.807, 2.05) is 0 Å². The lowest BCUT2D eigenvalue weighted by Gasteiger charge is -2.33. The Kier molecular flexibility index (Phi) is 8.79. The third-order valence-electron chi connectivity index (χ3n) is 6.82. The zero-order valence-electron chi connectivity index (χ0n) is 20.1.